The van der Waals surface area contributed by atoms with Crippen LogP contribution in [0, 0.1) is 10.1 Å². The van der Waals surface area contributed by atoms with Crippen LogP contribution in [0.3, 0.4) is 0 Å². The second kappa shape index (κ2) is 6.69. The van der Waals surface area contributed by atoms with E-state index < -0.39 is 4.92 Å². The molecule has 21 heavy (non-hydrogen) atoms. The van der Waals surface area contributed by atoms with Crippen LogP contribution in [0.5, 0.6) is 0 Å². The molecule has 2 aromatic carbocycles. The third-order valence-electron chi connectivity index (χ3n) is 2.77. The van der Waals surface area contributed by atoms with E-state index in [2.05, 4.69) is 21.2 Å². The molecule has 0 unspecified atom stereocenters. The summed E-state index contributed by atoms with van der Waals surface area (Å²) >= 11 is 9.25. The van der Waals surface area contributed by atoms with Gasteiger partial charge in [0.05, 0.1) is 15.5 Å². The Kier molecular flexibility index (Phi) is 4.93. The largest absolute Gasteiger partial charge is 0.348 e. The molecule has 1 amide bonds. The normalized spacial score (nSPS) is 10.2. The fourth-order valence-corrected chi connectivity index (χ4v) is 2.25. The molecule has 2 aromatic rings. The summed E-state index contributed by atoms with van der Waals surface area (Å²) in [5.41, 5.74) is 1.15. The van der Waals surface area contributed by atoms with Crippen molar-refractivity contribution < 1.29 is 9.72 Å². The van der Waals surface area contributed by atoms with Gasteiger partial charge in [-0.1, -0.05) is 39.7 Å². The van der Waals surface area contributed by atoms with Crippen LogP contribution in [0.1, 0.15) is 15.9 Å². The van der Waals surface area contributed by atoms with Crippen molar-refractivity contribution in [1.29, 1.82) is 0 Å². The van der Waals surface area contributed by atoms with Gasteiger partial charge in [-0.05, 0) is 23.8 Å². The summed E-state index contributed by atoms with van der Waals surface area (Å²) in [6, 6.07) is 11.0. The van der Waals surface area contributed by atoms with Crippen molar-refractivity contribution in [1.82, 2.24) is 5.32 Å². The lowest BCUT2D eigenvalue weighted by Crippen LogP contribution is -2.23. The lowest BCUT2D eigenvalue weighted by atomic mass is 10.2. The fourth-order valence-electron chi connectivity index (χ4n) is 1.68. The molecule has 0 aliphatic carbocycles. The molecule has 0 aliphatic heterocycles. The van der Waals surface area contributed by atoms with Gasteiger partial charge in [0.2, 0.25) is 0 Å². The predicted molar refractivity (Wildman–Crippen MR) is 83.4 cm³/mol. The molecule has 0 radical (unpaired) electrons. The van der Waals surface area contributed by atoms with Gasteiger partial charge < -0.3 is 5.32 Å². The molecular formula is C14H10BrClN2O3. The number of hydrogen-bond acceptors (Lipinski definition) is 3. The molecule has 2 rings (SSSR count). The molecule has 0 heterocycles. The number of nitrogens with zero attached hydrogens (tertiary/aromatic N) is 1. The van der Waals surface area contributed by atoms with Crippen molar-refractivity contribution in [3.8, 4) is 0 Å². The Morgan fingerprint density at radius 2 is 1.90 bits per heavy atom. The van der Waals surface area contributed by atoms with Crippen molar-refractivity contribution in [3.05, 3.63) is 73.2 Å². The van der Waals surface area contributed by atoms with Crippen LogP contribution in [0.4, 0.5) is 5.69 Å². The molecule has 0 aromatic heterocycles. The molecule has 7 heteroatoms. The maximum Gasteiger partial charge on any atom is 0.269 e. The number of halogens is 2. The molecule has 1 N–H and O–H groups in total. The number of non-ortho nitro benzene ring substituents is 1. The Labute approximate surface area is 134 Å². The first-order chi connectivity index (χ1) is 9.97. The average molecular weight is 370 g/mol. The second-order valence-electron chi connectivity index (χ2n) is 4.23. The number of rotatable bonds is 4. The summed E-state index contributed by atoms with van der Waals surface area (Å²) in [5.74, 6) is -0.306. The molecule has 108 valence electrons. The monoisotopic (exact) mass is 368 g/mol. The molecule has 0 saturated heterocycles. The van der Waals surface area contributed by atoms with Gasteiger partial charge in [-0.3, -0.25) is 14.9 Å². The highest BCUT2D eigenvalue weighted by Crippen LogP contribution is 2.21. The van der Waals surface area contributed by atoms with E-state index in [4.69, 9.17) is 11.6 Å². The summed E-state index contributed by atoms with van der Waals surface area (Å²) in [5, 5.41) is 13.6. The minimum Gasteiger partial charge on any atom is -0.348 e. The summed E-state index contributed by atoms with van der Waals surface area (Å²) < 4.78 is 0.757. The smallest absolute Gasteiger partial charge is 0.269 e. The van der Waals surface area contributed by atoms with Crippen LogP contribution in [0.2, 0.25) is 5.02 Å². The van der Waals surface area contributed by atoms with E-state index >= 15 is 0 Å². The Morgan fingerprint density at radius 1 is 1.24 bits per heavy atom. The molecule has 5 nitrogen and oxygen atoms in total. The molecule has 0 saturated carbocycles. The number of hydrogen-bond donors (Lipinski definition) is 1. The van der Waals surface area contributed by atoms with Crippen LogP contribution in [0.15, 0.2) is 46.9 Å². The van der Waals surface area contributed by atoms with Crippen molar-refractivity contribution in [2.45, 2.75) is 6.54 Å². The Hall–Kier alpha value is -1.92. The van der Waals surface area contributed by atoms with E-state index in [-0.39, 0.29) is 18.1 Å². The highest BCUT2D eigenvalue weighted by molar-refractivity contribution is 9.10. The van der Waals surface area contributed by atoms with Gasteiger partial charge in [-0.25, -0.2) is 0 Å². The van der Waals surface area contributed by atoms with Crippen molar-refractivity contribution in [3.63, 3.8) is 0 Å². The summed E-state index contributed by atoms with van der Waals surface area (Å²) in [7, 11) is 0. The van der Waals surface area contributed by atoms with E-state index in [9.17, 15) is 14.9 Å². The highest BCUT2D eigenvalue weighted by Gasteiger charge is 2.11. The zero-order chi connectivity index (χ0) is 15.4. The van der Waals surface area contributed by atoms with Crippen LogP contribution in [-0.4, -0.2) is 10.8 Å². The Balaban J connectivity index is 2.04. The van der Waals surface area contributed by atoms with Crippen LogP contribution < -0.4 is 5.32 Å². The van der Waals surface area contributed by atoms with Crippen LogP contribution >= 0.6 is 27.5 Å². The fraction of sp³-hybridized carbons (Fsp3) is 0.0714. The topological polar surface area (TPSA) is 72.2 Å². The van der Waals surface area contributed by atoms with Gasteiger partial charge in [0.1, 0.15) is 0 Å². The number of carbonyl (C=O) groups is 1. The predicted octanol–water partition coefficient (Wildman–Crippen LogP) is 3.94. The maximum absolute atomic E-state index is 12.0. The standard InChI is InChI=1S/C14H10BrClN2O3/c15-10-3-6-13(16)12(7-10)14(19)17-8-9-1-4-11(5-2-9)18(20)21/h1-7H,8H2,(H,17,19). The van der Waals surface area contributed by atoms with E-state index in [1.807, 2.05) is 0 Å². The van der Waals surface area contributed by atoms with Gasteiger partial charge in [0, 0.05) is 23.2 Å². The molecule has 0 aliphatic rings. The zero-order valence-electron chi connectivity index (χ0n) is 10.7. The SMILES string of the molecule is O=C(NCc1ccc([N+](=O)[O-])cc1)c1cc(Br)ccc1Cl. The number of nitro groups is 1. The van der Waals surface area contributed by atoms with Crippen LogP contribution in [-0.2, 0) is 6.54 Å². The lowest BCUT2D eigenvalue weighted by Gasteiger charge is -2.07. The molecule has 0 fully saturated rings. The van der Waals surface area contributed by atoms with Crippen molar-refractivity contribution >= 4 is 39.1 Å². The first-order valence-electron chi connectivity index (χ1n) is 5.94. The quantitative estimate of drug-likeness (QED) is 0.655. The molecule has 0 atom stereocenters. The van der Waals surface area contributed by atoms with Gasteiger partial charge in [-0.2, -0.15) is 0 Å². The molecule has 0 spiro atoms. The zero-order valence-corrected chi connectivity index (χ0v) is 13.0. The maximum atomic E-state index is 12.0. The Morgan fingerprint density at radius 3 is 2.52 bits per heavy atom. The van der Waals surface area contributed by atoms with E-state index in [0.29, 0.717) is 10.6 Å². The number of nitrogens with one attached hydrogen (secondary N) is 1. The van der Waals surface area contributed by atoms with Gasteiger partial charge in [-0.15, -0.1) is 0 Å². The Bertz CT molecular complexity index is 689. The number of carbonyl (C=O) groups excluding carboxylic acids is 1. The summed E-state index contributed by atoms with van der Waals surface area (Å²) in [6.45, 7) is 0.264. The van der Waals surface area contributed by atoms with E-state index in [0.717, 1.165) is 10.0 Å². The first-order valence-corrected chi connectivity index (χ1v) is 7.11. The first kappa shape index (κ1) is 15.5. The van der Waals surface area contributed by atoms with Gasteiger partial charge in [0.15, 0.2) is 0 Å². The lowest BCUT2D eigenvalue weighted by molar-refractivity contribution is -0.384. The third-order valence-corrected chi connectivity index (χ3v) is 3.60. The summed E-state index contributed by atoms with van der Waals surface area (Å²) in [4.78, 5) is 22.1. The number of benzene rings is 2. The summed E-state index contributed by atoms with van der Waals surface area (Å²) in [6.07, 6.45) is 0. The minimum absolute atomic E-state index is 0.0140. The highest BCUT2D eigenvalue weighted by atomic mass is 79.9. The van der Waals surface area contributed by atoms with Crippen molar-refractivity contribution in [2.24, 2.45) is 0 Å². The molecular weight excluding hydrogens is 360 g/mol. The number of nitro benzene ring substituents is 1. The van der Waals surface area contributed by atoms with Crippen LogP contribution in [0.25, 0.3) is 0 Å². The minimum atomic E-state index is -0.469. The average Bonchev–Trinajstić information content (AvgIpc) is 2.47. The third kappa shape index (κ3) is 4.03. The number of amides is 1. The van der Waals surface area contributed by atoms with E-state index in [1.165, 1.54) is 12.1 Å². The second-order valence-corrected chi connectivity index (χ2v) is 5.55. The van der Waals surface area contributed by atoms with E-state index in [1.54, 1.807) is 30.3 Å². The van der Waals surface area contributed by atoms with Crippen molar-refractivity contribution in [2.75, 3.05) is 0 Å². The molecule has 0 bridgehead atoms. The van der Waals surface area contributed by atoms with Gasteiger partial charge >= 0.3 is 0 Å². The van der Waals surface area contributed by atoms with Gasteiger partial charge in [0.25, 0.3) is 11.6 Å².